The third-order valence-corrected chi connectivity index (χ3v) is 9.24. The molecule has 44 heavy (non-hydrogen) atoms. The highest BCUT2D eigenvalue weighted by Gasteiger charge is 2.41. The summed E-state index contributed by atoms with van der Waals surface area (Å²) >= 11 is 1.42. The van der Waals surface area contributed by atoms with Crippen LogP contribution in [0.15, 0.2) is 54.6 Å². The first-order chi connectivity index (χ1) is 21.3. The minimum Gasteiger partial charge on any atom is -0.494 e. The van der Waals surface area contributed by atoms with E-state index in [0.29, 0.717) is 61.9 Å². The summed E-state index contributed by atoms with van der Waals surface area (Å²) in [6, 6.07) is 12.6. The second kappa shape index (κ2) is 14.2. The zero-order valence-corrected chi connectivity index (χ0v) is 26.4. The van der Waals surface area contributed by atoms with Crippen LogP contribution in [0.25, 0.3) is 10.2 Å². The van der Waals surface area contributed by atoms with Gasteiger partial charge in [-0.1, -0.05) is 49.5 Å². The van der Waals surface area contributed by atoms with Gasteiger partial charge in [0.25, 0.3) is 5.91 Å². The number of piperidine rings is 1. The minimum atomic E-state index is -0.617. The zero-order chi connectivity index (χ0) is 31.1. The number of hydrogen-bond donors (Lipinski definition) is 3. The number of carbonyl (C=O) groups is 3. The van der Waals surface area contributed by atoms with Crippen LogP contribution in [0, 0.1) is 11.3 Å². The van der Waals surface area contributed by atoms with E-state index in [0.717, 1.165) is 16.0 Å². The van der Waals surface area contributed by atoms with E-state index in [-0.39, 0.29) is 42.8 Å². The van der Waals surface area contributed by atoms with Crippen LogP contribution in [-0.2, 0) is 9.59 Å². The van der Waals surface area contributed by atoms with Crippen molar-refractivity contribution < 1.29 is 23.9 Å². The number of hydrogen-bond acceptors (Lipinski definition) is 8. The molecule has 5 rings (SSSR count). The molecule has 0 bridgehead atoms. The van der Waals surface area contributed by atoms with E-state index < -0.39 is 5.41 Å². The van der Waals surface area contributed by atoms with Gasteiger partial charge in [-0.2, -0.15) is 0 Å². The quantitative estimate of drug-likeness (QED) is 0.344. The van der Waals surface area contributed by atoms with Gasteiger partial charge in [0.15, 0.2) is 5.13 Å². The molecule has 3 aromatic rings. The zero-order valence-electron chi connectivity index (χ0n) is 25.6. The summed E-state index contributed by atoms with van der Waals surface area (Å²) in [6.07, 6.45) is 5.66. The largest absolute Gasteiger partial charge is 0.494 e. The summed E-state index contributed by atoms with van der Waals surface area (Å²) in [5, 5.41) is 9.70. The molecule has 1 atom stereocenters. The number of likely N-dealkylation sites (tertiary alicyclic amines) is 1. The number of para-hydroxylation sites is 1. The van der Waals surface area contributed by atoms with Crippen molar-refractivity contribution in [3.63, 3.8) is 0 Å². The van der Waals surface area contributed by atoms with Crippen LogP contribution >= 0.6 is 11.3 Å². The Morgan fingerprint density at radius 3 is 2.75 bits per heavy atom. The fourth-order valence-corrected chi connectivity index (χ4v) is 6.47. The number of ether oxygens (including phenoxy) is 2. The maximum atomic E-state index is 13.9. The van der Waals surface area contributed by atoms with Gasteiger partial charge < -0.3 is 25.4 Å². The Morgan fingerprint density at radius 1 is 1.18 bits per heavy atom. The number of benzene rings is 2. The number of thiazole rings is 1. The smallest absolute Gasteiger partial charge is 0.255 e. The normalized spacial score (nSPS) is 20.2. The molecular formula is C33H41N5O5S. The molecular weight excluding hydrogens is 578 g/mol. The lowest BCUT2D eigenvalue weighted by Crippen LogP contribution is -2.54. The van der Waals surface area contributed by atoms with E-state index >= 15 is 0 Å². The SMILES string of the molecule is CCOc1ccc2nc(NC(=O)CN3CCC4(C/C=C/CNC(=O)c5ccccc5OC[C@@H](C(C)C)NC4=O)CC3)sc2c1. The Bertz CT molecular complexity index is 1510. The number of fused-ring (bicyclic) bond motifs is 2. The maximum absolute atomic E-state index is 13.9. The van der Waals surface area contributed by atoms with Gasteiger partial charge in [-0.05, 0) is 75.5 Å². The molecule has 1 spiro atoms. The molecule has 2 aliphatic rings. The second-order valence-electron chi connectivity index (χ2n) is 11.7. The van der Waals surface area contributed by atoms with Gasteiger partial charge in [0.2, 0.25) is 11.8 Å². The van der Waals surface area contributed by atoms with E-state index in [1.165, 1.54) is 11.3 Å². The highest BCUT2D eigenvalue weighted by Crippen LogP contribution is 2.37. The number of nitrogens with one attached hydrogen (secondary N) is 3. The molecule has 0 saturated carbocycles. The summed E-state index contributed by atoms with van der Waals surface area (Å²) in [5.41, 5.74) is 0.669. The summed E-state index contributed by atoms with van der Waals surface area (Å²) in [5.74, 6) is 1.07. The summed E-state index contributed by atoms with van der Waals surface area (Å²) in [4.78, 5) is 46.3. The minimum absolute atomic E-state index is 0.00355. The van der Waals surface area contributed by atoms with Crippen LogP contribution in [0.5, 0.6) is 11.5 Å². The molecule has 0 aliphatic carbocycles. The number of allylic oxidation sites excluding steroid dienone is 1. The Morgan fingerprint density at radius 2 is 1.98 bits per heavy atom. The number of amides is 3. The van der Waals surface area contributed by atoms with Gasteiger partial charge in [0.1, 0.15) is 18.1 Å². The standard InChI is InChI=1S/C33H41N5O5S/c1-4-42-23-11-12-25-28(19-23)44-32(36-25)37-29(39)20-38-17-14-33(15-18-38)13-7-8-16-34-30(40)24-9-5-6-10-27(24)43-21-26(22(2)3)35-31(33)41/h5-12,19,22,26H,4,13-18,20-21H2,1-3H3,(H,34,40)(H,35,41)(H,36,37,39)/b8-7+/t26-/m0/s1. The number of rotatable bonds is 6. The molecule has 10 nitrogen and oxygen atoms in total. The Balaban J connectivity index is 1.23. The van der Waals surface area contributed by atoms with Crippen LogP contribution in [0.1, 0.15) is 50.4 Å². The van der Waals surface area contributed by atoms with Crippen LogP contribution in [0.3, 0.4) is 0 Å². The molecule has 2 aliphatic heterocycles. The van der Waals surface area contributed by atoms with Crippen molar-refractivity contribution in [1.29, 1.82) is 0 Å². The number of carbonyl (C=O) groups excluding carboxylic acids is 3. The van der Waals surface area contributed by atoms with Crippen molar-refractivity contribution in [3.05, 3.63) is 60.2 Å². The lowest BCUT2D eigenvalue weighted by atomic mass is 9.74. The first-order valence-electron chi connectivity index (χ1n) is 15.3. The average Bonchev–Trinajstić information content (AvgIpc) is 3.40. The van der Waals surface area contributed by atoms with Gasteiger partial charge in [-0.25, -0.2) is 4.98 Å². The van der Waals surface area contributed by atoms with Gasteiger partial charge >= 0.3 is 0 Å². The lowest BCUT2D eigenvalue weighted by molar-refractivity contribution is -0.135. The lowest BCUT2D eigenvalue weighted by Gasteiger charge is -2.41. The molecule has 2 aromatic carbocycles. The Labute approximate surface area is 262 Å². The monoisotopic (exact) mass is 619 g/mol. The second-order valence-corrected chi connectivity index (χ2v) is 12.7. The topological polar surface area (TPSA) is 122 Å². The van der Waals surface area contributed by atoms with Crippen molar-refractivity contribution in [2.75, 3.05) is 44.7 Å². The van der Waals surface area contributed by atoms with Gasteiger partial charge in [0, 0.05) is 6.54 Å². The average molecular weight is 620 g/mol. The highest BCUT2D eigenvalue weighted by molar-refractivity contribution is 7.22. The van der Waals surface area contributed by atoms with E-state index in [1.54, 1.807) is 12.1 Å². The van der Waals surface area contributed by atoms with E-state index in [1.807, 2.05) is 63.3 Å². The fourth-order valence-electron chi connectivity index (χ4n) is 5.56. The van der Waals surface area contributed by atoms with Crippen molar-refractivity contribution >= 4 is 44.4 Å². The van der Waals surface area contributed by atoms with E-state index in [9.17, 15) is 14.4 Å². The molecule has 0 radical (unpaired) electrons. The maximum Gasteiger partial charge on any atom is 0.255 e. The van der Waals surface area contributed by atoms with Gasteiger partial charge in [-0.15, -0.1) is 0 Å². The predicted octanol–water partition coefficient (Wildman–Crippen LogP) is 4.63. The summed E-state index contributed by atoms with van der Waals surface area (Å²) in [6.45, 7) is 8.67. The van der Waals surface area contributed by atoms with Crippen molar-refractivity contribution in [1.82, 2.24) is 20.5 Å². The predicted molar refractivity (Wildman–Crippen MR) is 172 cm³/mol. The molecule has 11 heteroatoms. The molecule has 1 saturated heterocycles. The van der Waals surface area contributed by atoms with Gasteiger partial charge in [-0.3, -0.25) is 19.3 Å². The molecule has 3 amide bonds. The Kier molecular flexibility index (Phi) is 10.2. The van der Waals surface area contributed by atoms with Crippen LogP contribution < -0.4 is 25.4 Å². The fraction of sp³-hybridized carbons (Fsp3) is 0.455. The van der Waals surface area contributed by atoms with E-state index in [2.05, 4.69) is 25.8 Å². The van der Waals surface area contributed by atoms with Crippen LogP contribution in [0.2, 0.25) is 0 Å². The third kappa shape index (κ3) is 7.57. The Hall–Kier alpha value is -3.96. The van der Waals surface area contributed by atoms with Crippen molar-refractivity contribution in [2.45, 2.75) is 46.1 Å². The van der Waals surface area contributed by atoms with Gasteiger partial charge in [0.05, 0.1) is 40.4 Å². The number of aromatic nitrogens is 1. The molecule has 1 fully saturated rings. The number of anilines is 1. The van der Waals surface area contributed by atoms with Crippen LogP contribution in [-0.4, -0.2) is 73.0 Å². The molecule has 0 unspecified atom stereocenters. The van der Waals surface area contributed by atoms with Crippen LogP contribution in [0.4, 0.5) is 5.13 Å². The van der Waals surface area contributed by atoms with Crippen molar-refractivity contribution in [3.8, 4) is 11.5 Å². The van der Waals surface area contributed by atoms with Crippen molar-refractivity contribution in [2.24, 2.45) is 11.3 Å². The highest BCUT2D eigenvalue weighted by atomic mass is 32.1. The summed E-state index contributed by atoms with van der Waals surface area (Å²) in [7, 11) is 0. The number of nitrogens with zero attached hydrogens (tertiary/aromatic N) is 2. The molecule has 1 aromatic heterocycles. The first-order valence-corrected chi connectivity index (χ1v) is 16.1. The third-order valence-electron chi connectivity index (χ3n) is 8.31. The van der Waals surface area contributed by atoms with E-state index in [4.69, 9.17) is 9.47 Å². The first kappa shape index (κ1) is 31.5. The molecule has 3 heterocycles. The molecule has 234 valence electrons. The molecule has 3 N–H and O–H groups in total. The summed E-state index contributed by atoms with van der Waals surface area (Å²) < 4.78 is 12.6.